The zero-order valence-electron chi connectivity index (χ0n) is 24.4. The van der Waals surface area contributed by atoms with Crippen molar-refractivity contribution in [2.45, 2.75) is 129 Å². The number of alkyl halides is 2. The van der Waals surface area contributed by atoms with Gasteiger partial charge in [-0.2, -0.15) is 0 Å². The molecule has 3 aliphatic carbocycles. The molecule has 0 atom stereocenters. The Balaban J connectivity index is 1.27. The number of benzene rings is 1. The highest BCUT2D eigenvalue weighted by Crippen LogP contribution is 2.43. The lowest BCUT2D eigenvalue weighted by molar-refractivity contribution is 0.0924. The van der Waals surface area contributed by atoms with E-state index in [-0.39, 0.29) is 29.4 Å². The molecule has 3 fully saturated rings. The third kappa shape index (κ3) is 8.26. The molecule has 0 bridgehead atoms. The Morgan fingerprint density at radius 1 is 0.769 bits per heavy atom. The van der Waals surface area contributed by atoms with E-state index in [0.717, 1.165) is 56.3 Å². The fourth-order valence-corrected chi connectivity index (χ4v) is 8.04. The van der Waals surface area contributed by atoms with E-state index >= 15 is 4.39 Å². The number of hydrogen-bond donors (Lipinski definition) is 0. The molecule has 2 nitrogen and oxygen atoms in total. The molecule has 4 rings (SSSR count). The second-order valence-electron chi connectivity index (χ2n) is 13.1. The van der Waals surface area contributed by atoms with Crippen molar-refractivity contribution in [1.82, 2.24) is 0 Å². The SMILES string of the molecule is CCCC1CCC(CC(=O)c2ccc(OCC3CCC(C4CCC(CCC)CC4)CC3)c(F)c2C(F)F)CC1. The normalized spacial score (nSPS) is 29.9. The van der Waals surface area contributed by atoms with Crippen molar-refractivity contribution in [2.75, 3.05) is 6.61 Å². The Bertz CT molecular complexity index is 892. The fraction of sp³-hybridized carbons (Fsp3) is 0.794. The van der Waals surface area contributed by atoms with E-state index in [4.69, 9.17) is 4.74 Å². The van der Waals surface area contributed by atoms with Gasteiger partial charge in [-0.3, -0.25) is 4.79 Å². The molecule has 1 aromatic carbocycles. The van der Waals surface area contributed by atoms with E-state index in [0.29, 0.717) is 18.4 Å². The summed E-state index contributed by atoms with van der Waals surface area (Å²) >= 11 is 0. The highest BCUT2D eigenvalue weighted by atomic mass is 19.3. The highest BCUT2D eigenvalue weighted by Gasteiger charge is 2.32. The van der Waals surface area contributed by atoms with Crippen LogP contribution in [0.1, 0.15) is 145 Å². The van der Waals surface area contributed by atoms with Crippen LogP contribution in [-0.4, -0.2) is 12.4 Å². The zero-order valence-corrected chi connectivity index (χ0v) is 24.4. The molecule has 220 valence electrons. The van der Waals surface area contributed by atoms with E-state index < -0.39 is 17.8 Å². The number of carbonyl (C=O) groups excluding carboxylic acids is 1. The van der Waals surface area contributed by atoms with Crippen molar-refractivity contribution in [2.24, 2.45) is 35.5 Å². The molecule has 3 saturated carbocycles. The molecule has 39 heavy (non-hydrogen) atoms. The summed E-state index contributed by atoms with van der Waals surface area (Å²) in [5.41, 5.74) is -0.945. The van der Waals surface area contributed by atoms with Crippen LogP contribution in [0.5, 0.6) is 5.75 Å². The summed E-state index contributed by atoms with van der Waals surface area (Å²) in [6, 6.07) is 2.77. The van der Waals surface area contributed by atoms with Gasteiger partial charge in [-0.1, -0.05) is 65.2 Å². The molecular weight excluding hydrogens is 497 g/mol. The summed E-state index contributed by atoms with van der Waals surface area (Å²) in [5, 5.41) is 0. The molecule has 1 aromatic rings. The maximum atomic E-state index is 15.2. The highest BCUT2D eigenvalue weighted by molar-refractivity contribution is 5.98. The Morgan fingerprint density at radius 2 is 1.26 bits per heavy atom. The summed E-state index contributed by atoms with van der Waals surface area (Å²) in [5.74, 6) is 2.26. The minimum atomic E-state index is -3.05. The van der Waals surface area contributed by atoms with Crippen LogP contribution >= 0.6 is 0 Å². The summed E-state index contributed by atoms with van der Waals surface area (Å²) in [6.45, 7) is 4.82. The van der Waals surface area contributed by atoms with E-state index in [2.05, 4.69) is 13.8 Å². The Labute approximate surface area is 234 Å². The third-order valence-corrected chi connectivity index (χ3v) is 10.4. The fourth-order valence-electron chi connectivity index (χ4n) is 8.04. The average molecular weight is 549 g/mol. The van der Waals surface area contributed by atoms with E-state index in [9.17, 15) is 13.6 Å². The van der Waals surface area contributed by atoms with Crippen LogP contribution in [0.25, 0.3) is 0 Å². The van der Waals surface area contributed by atoms with Crippen molar-refractivity contribution in [3.05, 3.63) is 29.1 Å². The third-order valence-electron chi connectivity index (χ3n) is 10.4. The van der Waals surface area contributed by atoms with Gasteiger partial charge in [0.05, 0.1) is 12.2 Å². The number of carbonyl (C=O) groups is 1. The van der Waals surface area contributed by atoms with Crippen LogP contribution in [0.4, 0.5) is 13.2 Å². The number of ketones is 1. The van der Waals surface area contributed by atoms with Gasteiger partial charge in [0.15, 0.2) is 17.3 Å². The van der Waals surface area contributed by atoms with Gasteiger partial charge in [-0.25, -0.2) is 13.2 Å². The lowest BCUT2D eigenvalue weighted by Gasteiger charge is -2.37. The summed E-state index contributed by atoms with van der Waals surface area (Å²) in [4.78, 5) is 13.0. The Morgan fingerprint density at radius 3 is 1.77 bits per heavy atom. The number of ether oxygens (including phenoxy) is 1. The quantitative estimate of drug-likeness (QED) is 0.243. The summed E-state index contributed by atoms with van der Waals surface area (Å²) in [6.07, 6.45) is 16.3. The van der Waals surface area contributed by atoms with Crippen molar-refractivity contribution in [1.29, 1.82) is 0 Å². The second kappa shape index (κ2) is 14.9. The average Bonchev–Trinajstić information content (AvgIpc) is 2.94. The van der Waals surface area contributed by atoms with E-state index in [1.54, 1.807) is 0 Å². The minimum Gasteiger partial charge on any atom is -0.490 e. The molecule has 0 spiro atoms. The first-order valence-electron chi connectivity index (χ1n) is 16.2. The molecule has 0 amide bonds. The molecule has 0 N–H and O–H groups in total. The second-order valence-corrected chi connectivity index (χ2v) is 13.1. The molecule has 0 radical (unpaired) electrons. The standard InChI is InChI=1S/C34H51F3O2/c1-3-5-23-7-9-25(10-8-23)21-30(38)29-19-20-31(33(35)32(29)34(36)37)39-22-26-13-17-28(18-14-26)27-15-11-24(6-4-2)12-16-27/h19-20,23-28,34H,3-18,21-22H2,1-2H3. The largest absolute Gasteiger partial charge is 0.490 e. The van der Waals surface area contributed by atoms with Gasteiger partial charge >= 0.3 is 0 Å². The van der Waals surface area contributed by atoms with Crippen LogP contribution in [0.3, 0.4) is 0 Å². The minimum absolute atomic E-state index is 0.140. The van der Waals surface area contributed by atoms with E-state index in [1.807, 2.05) is 0 Å². The molecular formula is C34H51F3O2. The first kappa shape index (κ1) is 30.4. The molecule has 5 heteroatoms. The van der Waals surface area contributed by atoms with Crippen LogP contribution in [0.15, 0.2) is 12.1 Å². The maximum absolute atomic E-state index is 15.2. The van der Waals surface area contributed by atoms with Crippen LogP contribution in [0, 0.1) is 41.3 Å². The van der Waals surface area contributed by atoms with Gasteiger partial charge in [0.25, 0.3) is 6.43 Å². The number of Topliss-reactive ketones (excluding diaryl/α,β-unsaturated/α-hetero) is 1. The van der Waals surface area contributed by atoms with Crippen LogP contribution in [0.2, 0.25) is 0 Å². The van der Waals surface area contributed by atoms with E-state index in [1.165, 1.54) is 76.3 Å². The maximum Gasteiger partial charge on any atom is 0.267 e. The molecule has 0 aliphatic heterocycles. The predicted octanol–water partition coefficient (Wildman–Crippen LogP) is 10.7. The predicted molar refractivity (Wildman–Crippen MR) is 152 cm³/mol. The number of rotatable bonds is 12. The van der Waals surface area contributed by atoms with Crippen molar-refractivity contribution < 1.29 is 22.7 Å². The van der Waals surface area contributed by atoms with Crippen LogP contribution < -0.4 is 4.74 Å². The Hall–Kier alpha value is -1.52. The smallest absolute Gasteiger partial charge is 0.267 e. The molecule has 0 unspecified atom stereocenters. The molecule has 0 aromatic heterocycles. The molecule has 0 saturated heterocycles. The molecule has 3 aliphatic rings. The summed E-state index contributed by atoms with van der Waals surface area (Å²) in [7, 11) is 0. The monoisotopic (exact) mass is 548 g/mol. The summed E-state index contributed by atoms with van der Waals surface area (Å²) < 4.78 is 49.0. The molecule has 0 heterocycles. The first-order chi connectivity index (χ1) is 18.9. The van der Waals surface area contributed by atoms with Gasteiger partial charge < -0.3 is 4.74 Å². The van der Waals surface area contributed by atoms with Gasteiger partial charge in [0.1, 0.15) is 0 Å². The number of halogens is 3. The first-order valence-corrected chi connectivity index (χ1v) is 16.2. The van der Waals surface area contributed by atoms with Crippen molar-refractivity contribution >= 4 is 5.78 Å². The van der Waals surface area contributed by atoms with Gasteiger partial charge in [0, 0.05) is 12.0 Å². The van der Waals surface area contributed by atoms with Gasteiger partial charge in [-0.05, 0) is 99.0 Å². The lowest BCUT2D eigenvalue weighted by atomic mass is 9.69. The van der Waals surface area contributed by atoms with Gasteiger partial charge in [0.2, 0.25) is 0 Å². The zero-order chi connectivity index (χ0) is 27.8. The van der Waals surface area contributed by atoms with Gasteiger partial charge in [-0.15, -0.1) is 0 Å². The van der Waals surface area contributed by atoms with Crippen molar-refractivity contribution in [3.63, 3.8) is 0 Å². The lowest BCUT2D eigenvalue weighted by Crippen LogP contribution is -2.27. The van der Waals surface area contributed by atoms with Crippen molar-refractivity contribution in [3.8, 4) is 5.75 Å². The van der Waals surface area contributed by atoms with Crippen LogP contribution in [-0.2, 0) is 0 Å². The Kier molecular flexibility index (Phi) is 11.6. The topological polar surface area (TPSA) is 26.3 Å². The number of hydrogen-bond acceptors (Lipinski definition) is 2.